The van der Waals surface area contributed by atoms with Crippen LogP contribution in [0.2, 0.25) is 0 Å². The van der Waals surface area contributed by atoms with Crippen LogP contribution < -0.4 is 5.01 Å². The molecule has 0 bridgehead atoms. The summed E-state index contributed by atoms with van der Waals surface area (Å²) in [6, 6.07) is 1.31. The number of hydrogen-bond donors (Lipinski definition) is 0. The van der Waals surface area contributed by atoms with Crippen LogP contribution in [0.4, 0.5) is 19.0 Å². The normalized spacial score (nSPS) is 16.6. The minimum absolute atomic E-state index is 0.0271. The smallest absolute Gasteiger partial charge is 0.272 e. The predicted molar refractivity (Wildman–Crippen MR) is 47.6 cm³/mol. The van der Waals surface area contributed by atoms with E-state index in [0.717, 1.165) is 6.33 Å². The van der Waals surface area contributed by atoms with E-state index in [1.165, 1.54) is 12.3 Å². The van der Waals surface area contributed by atoms with Gasteiger partial charge in [-0.25, -0.2) is 9.97 Å². The third kappa shape index (κ3) is 1.86. The Balaban J connectivity index is 2.31. The van der Waals surface area contributed by atoms with Crippen molar-refractivity contribution in [1.29, 1.82) is 0 Å². The molecule has 2 heterocycles. The zero-order valence-electron chi connectivity index (χ0n) is 7.77. The largest absolute Gasteiger partial charge is 0.431 e. The lowest BCUT2D eigenvalue weighted by Crippen LogP contribution is -2.22. The van der Waals surface area contributed by atoms with Gasteiger partial charge in [-0.05, 0) is 0 Å². The van der Waals surface area contributed by atoms with Crippen molar-refractivity contribution in [3.05, 3.63) is 18.6 Å². The zero-order valence-corrected chi connectivity index (χ0v) is 7.77. The fourth-order valence-electron chi connectivity index (χ4n) is 1.17. The third-order valence-electron chi connectivity index (χ3n) is 1.89. The summed E-state index contributed by atoms with van der Waals surface area (Å²) in [5, 5.41) is 3.83. The van der Waals surface area contributed by atoms with E-state index >= 15 is 0 Å². The van der Waals surface area contributed by atoms with Crippen molar-refractivity contribution >= 4 is 17.4 Å². The SMILES string of the molecule is O=C1CC(C(F)(F)F)=NN1c1ccncn1. The Morgan fingerprint density at radius 2 is 2.12 bits per heavy atom. The van der Waals surface area contributed by atoms with Gasteiger partial charge in [0.25, 0.3) is 5.91 Å². The summed E-state index contributed by atoms with van der Waals surface area (Å²) in [5.74, 6) is -0.731. The average Bonchev–Trinajstić information content (AvgIpc) is 2.61. The molecule has 0 radical (unpaired) electrons. The molecule has 1 aliphatic heterocycles. The topological polar surface area (TPSA) is 58.5 Å². The van der Waals surface area contributed by atoms with Gasteiger partial charge in [0.15, 0.2) is 11.5 Å². The van der Waals surface area contributed by atoms with Crippen LogP contribution in [-0.2, 0) is 4.79 Å². The number of rotatable bonds is 1. The second kappa shape index (κ2) is 3.54. The number of hydrazone groups is 1. The summed E-state index contributed by atoms with van der Waals surface area (Å²) in [5.41, 5.74) is -1.11. The summed E-state index contributed by atoms with van der Waals surface area (Å²) < 4.78 is 36.8. The first kappa shape index (κ1) is 10.5. The second-order valence-corrected chi connectivity index (χ2v) is 2.99. The van der Waals surface area contributed by atoms with Gasteiger partial charge in [-0.15, -0.1) is 0 Å². The quantitative estimate of drug-likeness (QED) is 0.726. The molecular formula is C8H5F3N4O. The summed E-state index contributed by atoms with van der Waals surface area (Å²) in [4.78, 5) is 18.5. The maximum atomic E-state index is 12.3. The highest BCUT2D eigenvalue weighted by molar-refractivity contribution is 6.14. The van der Waals surface area contributed by atoms with E-state index in [4.69, 9.17) is 0 Å². The van der Waals surface area contributed by atoms with E-state index in [0.29, 0.717) is 5.01 Å². The van der Waals surface area contributed by atoms with Gasteiger partial charge in [-0.3, -0.25) is 4.79 Å². The van der Waals surface area contributed by atoms with Crippen LogP contribution in [0.3, 0.4) is 0 Å². The van der Waals surface area contributed by atoms with Gasteiger partial charge in [0, 0.05) is 12.3 Å². The monoisotopic (exact) mass is 230 g/mol. The maximum Gasteiger partial charge on any atom is 0.431 e. The molecule has 8 heteroatoms. The zero-order chi connectivity index (χ0) is 11.8. The lowest BCUT2D eigenvalue weighted by atomic mass is 10.3. The molecule has 1 aliphatic rings. The van der Waals surface area contributed by atoms with Crippen molar-refractivity contribution in [3.8, 4) is 0 Å². The minimum atomic E-state index is -4.59. The Labute approximate surface area is 87.6 Å². The van der Waals surface area contributed by atoms with E-state index in [1.54, 1.807) is 0 Å². The van der Waals surface area contributed by atoms with Gasteiger partial charge in [-0.1, -0.05) is 0 Å². The molecule has 1 aromatic heterocycles. The number of nitrogens with zero attached hydrogens (tertiary/aromatic N) is 4. The molecule has 5 nitrogen and oxygen atoms in total. The maximum absolute atomic E-state index is 12.3. The molecule has 1 aromatic rings. The van der Waals surface area contributed by atoms with E-state index in [1.807, 2.05) is 0 Å². The fourth-order valence-corrected chi connectivity index (χ4v) is 1.17. The standard InChI is InChI=1S/C8H5F3N4O/c9-8(10,11)5-3-7(16)15(14-5)6-1-2-12-4-13-6/h1-2,4H,3H2. The minimum Gasteiger partial charge on any atom is -0.272 e. The first-order valence-corrected chi connectivity index (χ1v) is 4.22. The molecule has 0 aliphatic carbocycles. The summed E-state index contributed by atoms with van der Waals surface area (Å²) in [6.07, 6.45) is -2.90. The number of anilines is 1. The first-order valence-electron chi connectivity index (χ1n) is 4.22. The van der Waals surface area contributed by atoms with Crippen molar-refractivity contribution in [2.45, 2.75) is 12.6 Å². The summed E-state index contributed by atoms with van der Waals surface area (Å²) in [6.45, 7) is 0. The van der Waals surface area contributed by atoms with E-state index in [-0.39, 0.29) is 5.82 Å². The summed E-state index contributed by atoms with van der Waals surface area (Å²) in [7, 11) is 0. The highest BCUT2D eigenvalue weighted by atomic mass is 19.4. The molecule has 0 aromatic carbocycles. The van der Waals surface area contributed by atoms with Crippen molar-refractivity contribution in [2.24, 2.45) is 5.10 Å². The number of carbonyl (C=O) groups is 1. The van der Waals surface area contributed by atoms with Gasteiger partial charge in [0.05, 0.1) is 6.42 Å². The van der Waals surface area contributed by atoms with Crippen molar-refractivity contribution in [3.63, 3.8) is 0 Å². The Kier molecular flexibility index (Phi) is 2.33. The van der Waals surface area contributed by atoms with E-state index < -0.39 is 24.2 Å². The van der Waals surface area contributed by atoms with E-state index in [9.17, 15) is 18.0 Å². The van der Waals surface area contributed by atoms with Gasteiger partial charge >= 0.3 is 6.18 Å². The molecular weight excluding hydrogens is 225 g/mol. The van der Waals surface area contributed by atoms with Crippen LogP contribution in [0, 0.1) is 0 Å². The van der Waals surface area contributed by atoms with Crippen LogP contribution in [-0.4, -0.2) is 27.8 Å². The Hall–Kier alpha value is -1.99. The molecule has 0 unspecified atom stereocenters. The molecule has 84 valence electrons. The Morgan fingerprint density at radius 3 is 2.62 bits per heavy atom. The van der Waals surface area contributed by atoms with Crippen LogP contribution in [0.15, 0.2) is 23.7 Å². The third-order valence-corrected chi connectivity index (χ3v) is 1.89. The van der Waals surface area contributed by atoms with Crippen LogP contribution in [0.25, 0.3) is 0 Å². The van der Waals surface area contributed by atoms with Crippen molar-refractivity contribution in [1.82, 2.24) is 9.97 Å². The lowest BCUT2D eigenvalue weighted by molar-refractivity contribution is -0.117. The Morgan fingerprint density at radius 1 is 1.38 bits per heavy atom. The lowest BCUT2D eigenvalue weighted by Gasteiger charge is -2.08. The first-order chi connectivity index (χ1) is 7.48. The highest BCUT2D eigenvalue weighted by Crippen LogP contribution is 2.26. The Bertz CT molecular complexity index is 442. The second-order valence-electron chi connectivity index (χ2n) is 2.99. The average molecular weight is 230 g/mol. The molecule has 0 saturated heterocycles. The number of amides is 1. The van der Waals surface area contributed by atoms with Gasteiger partial charge in [0.1, 0.15) is 6.33 Å². The van der Waals surface area contributed by atoms with Crippen LogP contribution in [0.1, 0.15) is 6.42 Å². The number of halogens is 3. The molecule has 0 saturated carbocycles. The van der Waals surface area contributed by atoms with Crippen LogP contribution in [0.5, 0.6) is 0 Å². The van der Waals surface area contributed by atoms with Crippen LogP contribution >= 0.6 is 0 Å². The van der Waals surface area contributed by atoms with Crippen molar-refractivity contribution in [2.75, 3.05) is 5.01 Å². The summed E-state index contributed by atoms with van der Waals surface area (Å²) >= 11 is 0. The molecule has 0 fully saturated rings. The van der Waals surface area contributed by atoms with Gasteiger partial charge in [-0.2, -0.15) is 23.3 Å². The van der Waals surface area contributed by atoms with Gasteiger partial charge in [0.2, 0.25) is 0 Å². The predicted octanol–water partition coefficient (Wildman–Crippen LogP) is 1.13. The fraction of sp³-hybridized carbons (Fsp3) is 0.250. The molecule has 2 rings (SSSR count). The van der Waals surface area contributed by atoms with Gasteiger partial charge < -0.3 is 0 Å². The number of hydrogen-bond acceptors (Lipinski definition) is 4. The molecule has 1 amide bonds. The number of carbonyl (C=O) groups excluding carboxylic acids is 1. The molecule has 0 atom stereocenters. The molecule has 16 heavy (non-hydrogen) atoms. The molecule has 0 spiro atoms. The highest BCUT2D eigenvalue weighted by Gasteiger charge is 2.42. The molecule has 0 N–H and O–H groups in total. The number of aromatic nitrogens is 2. The van der Waals surface area contributed by atoms with E-state index in [2.05, 4.69) is 15.1 Å². The number of alkyl halides is 3. The van der Waals surface area contributed by atoms with Crippen molar-refractivity contribution < 1.29 is 18.0 Å².